The molecule has 0 unspecified atom stereocenters. The molecule has 1 N–H and O–H groups in total. The van der Waals surface area contributed by atoms with Gasteiger partial charge in [-0.25, -0.2) is 9.37 Å². The molecule has 0 amide bonds. The van der Waals surface area contributed by atoms with E-state index >= 15 is 4.39 Å². The van der Waals surface area contributed by atoms with Crippen molar-refractivity contribution in [1.82, 2.24) is 9.88 Å². The lowest BCUT2D eigenvalue weighted by Crippen LogP contribution is -2.33. The molecular weight excluding hydrogens is 473 g/mol. The third-order valence-electron chi connectivity index (χ3n) is 7.80. The van der Waals surface area contributed by atoms with Gasteiger partial charge in [0.05, 0.1) is 26.7 Å². The van der Waals surface area contributed by atoms with Gasteiger partial charge in [0.1, 0.15) is 23.3 Å². The van der Waals surface area contributed by atoms with Crippen LogP contribution in [0.3, 0.4) is 0 Å². The number of hydrogen-bond acceptors (Lipinski definition) is 7. The summed E-state index contributed by atoms with van der Waals surface area (Å²) in [6, 6.07) is 12.1. The van der Waals surface area contributed by atoms with E-state index < -0.39 is 5.67 Å². The smallest absolute Gasteiger partial charge is 0.306 e. The van der Waals surface area contributed by atoms with Gasteiger partial charge in [0.2, 0.25) is 0 Å². The van der Waals surface area contributed by atoms with Gasteiger partial charge in [0.15, 0.2) is 0 Å². The zero-order valence-corrected chi connectivity index (χ0v) is 21.7. The maximum atomic E-state index is 15.9. The van der Waals surface area contributed by atoms with Crippen LogP contribution in [0.2, 0.25) is 0 Å². The maximum Gasteiger partial charge on any atom is 0.306 e. The van der Waals surface area contributed by atoms with Gasteiger partial charge in [-0.3, -0.25) is 9.69 Å². The summed E-state index contributed by atoms with van der Waals surface area (Å²) in [7, 11) is 1.41. The summed E-state index contributed by atoms with van der Waals surface area (Å²) in [5.41, 5.74) is 1.94. The molecule has 0 bridgehead atoms. The van der Waals surface area contributed by atoms with Gasteiger partial charge in [-0.15, -0.1) is 0 Å². The molecule has 2 aromatic rings. The molecule has 200 valence electrons. The van der Waals surface area contributed by atoms with Crippen LogP contribution in [0.4, 0.5) is 10.2 Å². The average Bonchev–Trinajstić information content (AvgIpc) is 3.57. The van der Waals surface area contributed by atoms with E-state index in [0.717, 1.165) is 48.6 Å². The van der Waals surface area contributed by atoms with Crippen molar-refractivity contribution in [3.63, 3.8) is 0 Å². The second kappa shape index (κ2) is 11.8. The van der Waals surface area contributed by atoms with E-state index in [9.17, 15) is 4.79 Å². The van der Waals surface area contributed by atoms with Gasteiger partial charge in [0, 0.05) is 44.2 Å². The topological polar surface area (TPSA) is 72.9 Å². The molecule has 2 saturated heterocycles. The molecule has 37 heavy (non-hydrogen) atoms. The van der Waals surface area contributed by atoms with Gasteiger partial charge in [-0.1, -0.05) is 18.2 Å². The molecule has 0 saturated carbocycles. The lowest BCUT2D eigenvalue weighted by molar-refractivity contribution is -0.141. The van der Waals surface area contributed by atoms with Crippen LogP contribution in [0.1, 0.15) is 54.8 Å². The third-order valence-corrected chi connectivity index (χ3v) is 7.80. The summed E-state index contributed by atoms with van der Waals surface area (Å²) in [5.74, 6) is 1.36. The van der Waals surface area contributed by atoms with Crippen molar-refractivity contribution in [2.75, 3.05) is 51.8 Å². The summed E-state index contributed by atoms with van der Waals surface area (Å²) < 4.78 is 32.3. The molecule has 3 aliphatic heterocycles. The first-order chi connectivity index (χ1) is 18.0. The molecule has 7 nitrogen and oxygen atoms in total. The molecule has 3 atom stereocenters. The van der Waals surface area contributed by atoms with Crippen LogP contribution < -0.4 is 10.1 Å². The Morgan fingerprint density at radius 2 is 2.27 bits per heavy atom. The number of rotatable bonds is 10. The molecule has 4 heterocycles. The number of hydrogen-bond donors (Lipinski definition) is 1. The van der Waals surface area contributed by atoms with Crippen molar-refractivity contribution < 1.29 is 23.4 Å². The quantitative estimate of drug-likeness (QED) is 0.477. The number of methoxy groups -OCH3 is 1. The Hall–Kier alpha value is -2.71. The normalized spacial score (nSPS) is 24.3. The number of carbonyl (C=O) groups excluding carboxylic acids is 1. The van der Waals surface area contributed by atoms with Crippen LogP contribution >= 0.6 is 0 Å². The minimum atomic E-state index is -1.26. The fourth-order valence-electron chi connectivity index (χ4n) is 5.66. The van der Waals surface area contributed by atoms with Crippen LogP contribution in [0.25, 0.3) is 0 Å². The molecule has 8 heteroatoms. The van der Waals surface area contributed by atoms with Crippen molar-refractivity contribution in [1.29, 1.82) is 0 Å². The monoisotopic (exact) mass is 511 g/mol. The highest BCUT2D eigenvalue weighted by Gasteiger charge is 2.39. The van der Waals surface area contributed by atoms with Gasteiger partial charge in [-0.2, -0.15) is 0 Å². The van der Waals surface area contributed by atoms with E-state index in [1.54, 1.807) is 0 Å². The number of aromatic nitrogens is 1. The number of anilines is 1. The first-order valence-corrected chi connectivity index (χ1v) is 13.5. The van der Waals surface area contributed by atoms with Crippen LogP contribution in [0.15, 0.2) is 36.4 Å². The summed E-state index contributed by atoms with van der Waals surface area (Å²) in [5, 5.41) is 3.36. The van der Waals surface area contributed by atoms with E-state index in [1.807, 2.05) is 30.3 Å². The molecule has 1 aromatic heterocycles. The molecular formula is C29H38FN3O4. The molecule has 2 fully saturated rings. The number of pyridine rings is 1. The summed E-state index contributed by atoms with van der Waals surface area (Å²) in [6.45, 7) is 3.89. The highest BCUT2D eigenvalue weighted by atomic mass is 19.1. The number of ether oxygens (including phenoxy) is 3. The molecule has 1 aromatic carbocycles. The number of likely N-dealkylation sites (tertiary alicyclic amines) is 1. The minimum Gasteiger partial charge on any atom is -0.488 e. The van der Waals surface area contributed by atoms with Crippen molar-refractivity contribution in [3.05, 3.63) is 53.2 Å². The standard InChI is InChI=1S/C29H38FN3O4/c1-35-27(34)17-23(22-4-2-6-25(16-22)37-26-10-15-36-19-26)18-33-14-12-29(30,20-33)11-9-24-8-7-21-5-3-13-31-28(21)32-24/h2,4,6-8,16,23,26H,3,5,9-15,17-20H2,1H3,(H,31,32)/t23-,26+,29+/m1/s1. The number of aryl methyl sites for hydroxylation is 2. The Labute approximate surface area is 218 Å². The zero-order chi connectivity index (χ0) is 25.7. The van der Waals surface area contributed by atoms with Crippen LogP contribution in [0, 0.1) is 0 Å². The fourth-order valence-corrected chi connectivity index (χ4v) is 5.66. The number of carbonyl (C=O) groups is 1. The molecule has 0 radical (unpaired) electrons. The lowest BCUT2D eigenvalue weighted by Gasteiger charge is -2.26. The van der Waals surface area contributed by atoms with Crippen LogP contribution in [-0.2, 0) is 27.1 Å². The number of fused-ring (bicyclic) bond motifs is 1. The highest BCUT2D eigenvalue weighted by Crippen LogP contribution is 2.34. The largest absolute Gasteiger partial charge is 0.488 e. The first kappa shape index (κ1) is 25.9. The minimum absolute atomic E-state index is 0.0560. The van der Waals surface area contributed by atoms with Crippen molar-refractivity contribution >= 4 is 11.8 Å². The Bertz CT molecular complexity index is 1080. The Morgan fingerprint density at radius 1 is 1.35 bits per heavy atom. The van der Waals surface area contributed by atoms with E-state index in [1.165, 1.54) is 12.7 Å². The number of alkyl halides is 1. The van der Waals surface area contributed by atoms with Gasteiger partial charge < -0.3 is 19.5 Å². The Kier molecular flexibility index (Phi) is 8.25. The Balaban J connectivity index is 1.21. The zero-order valence-electron chi connectivity index (χ0n) is 21.7. The molecule has 3 aliphatic rings. The van der Waals surface area contributed by atoms with Crippen molar-refractivity contribution in [2.24, 2.45) is 0 Å². The van der Waals surface area contributed by atoms with Gasteiger partial charge in [0.25, 0.3) is 0 Å². The highest BCUT2D eigenvalue weighted by molar-refractivity contribution is 5.70. The number of halogens is 1. The van der Waals surface area contributed by atoms with Crippen molar-refractivity contribution in [2.45, 2.75) is 62.6 Å². The third kappa shape index (κ3) is 6.79. The van der Waals surface area contributed by atoms with Gasteiger partial charge in [-0.05, 0) is 61.4 Å². The predicted molar refractivity (Wildman–Crippen MR) is 140 cm³/mol. The number of nitrogens with one attached hydrogen (secondary N) is 1. The van der Waals surface area contributed by atoms with E-state index in [-0.39, 0.29) is 24.4 Å². The van der Waals surface area contributed by atoms with E-state index in [0.29, 0.717) is 52.1 Å². The second-order valence-electron chi connectivity index (χ2n) is 10.6. The maximum absolute atomic E-state index is 15.9. The SMILES string of the molecule is COC(=O)C[C@H](CN1CC[C@@](F)(CCc2ccc3c(n2)NCCC3)C1)c1cccc(O[C@H]2CCOC2)c1. The average molecular weight is 512 g/mol. The molecule has 0 spiro atoms. The predicted octanol–water partition coefficient (Wildman–Crippen LogP) is 4.30. The van der Waals surface area contributed by atoms with Crippen molar-refractivity contribution in [3.8, 4) is 5.75 Å². The second-order valence-corrected chi connectivity index (χ2v) is 10.6. The number of benzene rings is 1. The summed E-state index contributed by atoms with van der Waals surface area (Å²) in [4.78, 5) is 19.1. The van der Waals surface area contributed by atoms with Crippen LogP contribution in [-0.4, -0.2) is 74.1 Å². The summed E-state index contributed by atoms with van der Waals surface area (Å²) in [6.07, 6.45) is 4.91. The fraction of sp³-hybridized carbons (Fsp3) is 0.586. The van der Waals surface area contributed by atoms with Crippen LogP contribution in [0.5, 0.6) is 5.75 Å². The molecule has 5 rings (SSSR count). The van der Waals surface area contributed by atoms with E-state index in [4.69, 9.17) is 19.2 Å². The lowest BCUT2D eigenvalue weighted by atomic mass is 9.94. The summed E-state index contributed by atoms with van der Waals surface area (Å²) >= 11 is 0. The van der Waals surface area contributed by atoms with Gasteiger partial charge >= 0.3 is 5.97 Å². The van der Waals surface area contributed by atoms with E-state index in [2.05, 4.69) is 16.3 Å². The molecule has 0 aliphatic carbocycles. The Morgan fingerprint density at radius 3 is 3.11 bits per heavy atom. The number of nitrogens with zero attached hydrogens (tertiary/aromatic N) is 2. The number of esters is 1. The first-order valence-electron chi connectivity index (χ1n) is 13.5.